The van der Waals surface area contributed by atoms with Gasteiger partial charge in [0, 0.05) is 16.7 Å². The maximum Gasteiger partial charge on any atom is 0.146 e. The second-order valence-corrected chi connectivity index (χ2v) is 5.25. The summed E-state index contributed by atoms with van der Waals surface area (Å²) < 4.78 is 5.59. The van der Waals surface area contributed by atoms with Gasteiger partial charge < -0.3 is 4.52 Å². The Kier molecular flexibility index (Phi) is 2.31. The SMILES string of the molecule is SCc1noc2c1CCC21CCCCC1. The number of hydrogen-bond donors (Lipinski definition) is 1. The van der Waals surface area contributed by atoms with Gasteiger partial charge in [-0.2, -0.15) is 12.6 Å². The molecule has 3 rings (SSSR count). The molecule has 1 aromatic heterocycles. The summed E-state index contributed by atoms with van der Waals surface area (Å²) in [5.74, 6) is 1.93. The van der Waals surface area contributed by atoms with Crippen molar-refractivity contribution in [2.45, 2.75) is 56.1 Å². The van der Waals surface area contributed by atoms with Crippen LogP contribution in [-0.2, 0) is 17.6 Å². The molecular formula is C12H17NOS. The van der Waals surface area contributed by atoms with Gasteiger partial charge in [-0.05, 0) is 25.7 Å². The van der Waals surface area contributed by atoms with Gasteiger partial charge in [0.15, 0.2) is 0 Å². The van der Waals surface area contributed by atoms with E-state index in [-0.39, 0.29) is 0 Å². The molecule has 0 bridgehead atoms. The van der Waals surface area contributed by atoms with E-state index < -0.39 is 0 Å². The van der Waals surface area contributed by atoms with E-state index in [1.165, 1.54) is 49.8 Å². The Bertz CT molecular complexity index is 366. The zero-order valence-corrected chi connectivity index (χ0v) is 9.85. The Hall–Kier alpha value is -0.440. The average Bonchev–Trinajstić information content (AvgIpc) is 2.83. The highest BCUT2D eigenvalue weighted by Crippen LogP contribution is 2.49. The average molecular weight is 223 g/mol. The molecule has 0 N–H and O–H groups in total. The van der Waals surface area contributed by atoms with Gasteiger partial charge in [-0.25, -0.2) is 0 Å². The third kappa shape index (κ3) is 1.36. The molecule has 0 aromatic carbocycles. The molecule has 1 fully saturated rings. The molecule has 1 heterocycles. The molecule has 1 spiro atoms. The number of thiol groups is 1. The van der Waals surface area contributed by atoms with Gasteiger partial charge in [-0.3, -0.25) is 0 Å². The summed E-state index contributed by atoms with van der Waals surface area (Å²) in [7, 11) is 0. The van der Waals surface area contributed by atoms with E-state index in [2.05, 4.69) is 17.8 Å². The highest BCUT2D eigenvalue weighted by Gasteiger charge is 2.44. The van der Waals surface area contributed by atoms with E-state index >= 15 is 0 Å². The van der Waals surface area contributed by atoms with Crippen LogP contribution in [0, 0.1) is 0 Å². The van der Waals surface area contributed by atoms with E-state index in [0.717, 1.165) is 17.9 Å². The lowest BCUT2D eigenvalue weighted by molar-refractivity contribution is 0.223. The second-order valence-electron chi connectivity index (χ2n) is 4.94. The third-order valence-corrected chi connectivity index (χ3v) is 4.46. The fraction of sp³-hybridized carbons (Fsp3) is 0.750. The standard InChI is InChI=1S/C12H17NOS/c15-8-10-9-4-7-12(11(9)14-13-10)5-2-1-3-6-12/h15H,1-8H2. The summed E-state index contributed by atoms with van der Waals surface area (Å²) in [6, 6.07) is 0. The Morgan fingerprint density at radius 1 is 1.20 bits per heavy atom. The maximum absolute atomic E-state index is 5.59. The first-order valence-electron chi connectivity index (χ1n) is 5.94. The minimum atomic E-state index is 0.363. The van der Waals surface area contributed by atoms with E-state index in [1.54, 1.807) is 0 Å². The van der Waals surface area contributed by atoms with Gasteiger partial charge in [0.05, 0.1) is 5.69 Å². The summed E-state index contributed by atoms with van der Waals surface area (Å²) in [6.45, 7) is 0. The molecule has 0 saturated heterocycles. The van der Waals surface area contributed by atoms with Crippen molar-refractivity contribution < 1.29 is 4.52 Å². The minimum absolute atomic E-state index is 0.363. The van der Waals surface area contributed by atoms with Crippen LogP contribution in [0.5, 0.6) is 0 Å². The van der Waals surface area contributed by atoms with Crippen LogP contribution >= 0.6 is 12.6 Å². The quantitative estimate of drug-likeness (QED) is 0.740. The summed E-state index contributed by atoms with van der Waals surface area (Å²) >= 11 is 4.30. The maximum atomic E-state index is 5.59. The molecular weight excluding hydrogens is 206 g/mol. The molecule has 2 aliphatic rings. The van der Waals surface area contributed by atoms with Crippen LogP contribution in [-0.4, -0.2) is 5.16 Å². The molecule has 0 aliphatic heterocycles. The molecule has 82 valence electrons. The molecule has 0 radical (unpaired) electrons. The zero-order valence-electron chi connectivity index (χ0n) is 8.96. The monoisotopic (exact) mass is 223 g/mol. The normalized spacial score (nSPS) is 23.3. The van der Waals surface area contributed by atoms with Gasteiger partial charge in [-0.15, -0.1) is 0 Å². The summed E-state index contributed by atoms with van der Waals surface area (Å²) in [6.07, 6.45) is 9.17. The van der Waals surface area contributed by atoms with Crippen molar-refractivity contribution in [2.24, 2.45) is 0 Å². The van der Waals surface area contributed by atoms with Crippen molar-refractivity contribution >= 4 is 12.6 Å². The van der Waals surface area contributed by atoms with Crippen LogP contribution in [0.2, 0.25) is 0 Å². The molecule has 3 heteroatoms. The van der Waals surface area contributed by atoms with Crippen LogP contribution in [0.1, 0.15) is 55.5 Å². The Balaban J connectivity index is 1.99. The number of aromatic nitrogens is 1. The first kappa shape index (κ1) is 9.76. The van der Waals surface area contributed by atoms with Crippen LogP contribution in [0.25, 0.3) is 0 Å². The highest BCUT2D eigenvalue weighted by molar-refractivity contribution is 7.79. The van der Waals surface area contributed by atoms with Gasteiger partial charge in [-0.1, -0.05) is 24.4 Å². The molecule has 2 aliphatic carbocycles. The zero-order chi connectivity index (χ0) is 10.3. The second kappa shape index (κ2) is 3.55. The van der Waals surface area contributed by atoms with Gasteiger partial charge in [0.25, 0.3) is 0 Å². The molecule has 0 amide bonds. The van der Waals surface area contributed by atoms with E-state index in [1.807, 2.05) is 0 Å². The van der Waals surface area contributed by atoms with Crippen molar-refractivity contribution in [1.29, 1.82) is 0 Å². The lowest BCUT2D eigenvalue weighted by Gasteiger charge is -2.31. The number of nitrogens with zero attached hydrogens (tertiary/aromatic N) is 1. The van der Waals surface area contributed by atoms with E-state index in [9.17, 15) is 0 Å². The first-order chi connectivity index (χ1) is 7.36. The highest BCUT2D eigenvalue weighted by atomic mass is 32.1. The minimum Gasteiger partial charge on any atom is -0.360 e. The summed E-state index contributed by atoms with van der Waals surface area (Å²) in [5, 5.41) is 4.15. The molecule has 2 nitrogen and oxygen atoms in total. The lowest BCUT2D eigenvalue weighted by Crippen LogP contribution is -2.25. The fourth-order valence-electron chi connectivity index (χ4n) is 3.32. The van der Waals surface area contributed by atoms with Gasteiger partial charge >= 0.3 is 0 Å². The summed E-state index contributed by atoms with van der Waals surface area (Å²) in [4.78, 5) is 0. The van der Waals surface area contributed by atoms with Crippen molar-refractivity contribution in [1.82, 2.24) is 5.16 Å². The van der Waals surface area contributed by atoms with E-state index in [0.29, 0.717) is 5.41 Å². The fourth-order valence-corrected chi connectivity index (χ4v) is 3.57. The van der Waals surface area contributed by atoms with Gasteiger partial charge in [0.2, 0.25) is 0 Å². The third-order valence-electron chi connectivity index (χ3n) is 4.17. The predicted molar refractivity (Wildman–Crippen MR) is 62.3 cm³/mol. The van der Waals surface area contributed by atoms with Crippen molar-refractivity contribution in [3.63, 3.8) is 0 Å². The van der Waals surface area contributed by atoms with Gasteiger partial charge in [0.1, 0.15) is 5.76 Å². The van der Waals surface area contributed by atoms with Crippen molar-refractivity contribution in [3.05, 3.63) is 17.0 Å². The smallest absolute Gasteiger partial charge is 0.146 e. The molecule has 0 unspecified atom stereocenters. The Labute approximate surface area is 95.8 Å². The van der Waals surface area contributed by atoms with Crippen LogP contribution in [0.4, 0.5) is 0 Å². The van der Waals surface area contributed by atoms with Crippen molar-refractivity contribution in [2.75, 3.05) is 0 Å². The molecule has 1 saturated carbocycles. The number of hydrogen-bond acceptors (Lipinski definition) is 3. The predicted octanol–water partition coefficient (Wildman–Crippen LogP) is 3.25. The van der Waals surface area contributed by atoms with Crippen LogP contribution in [0.3, 0.4) is 0 Å². The van der Waals surface area contributed by atoms with Crippen molar-refractivity contribution in [3.8, 4) is 0 Å². The molecule has 1 aromatic rings. The molecule has 15 heavy (non-hydrogen) atoms. The van der Waals surface area contributed by atoms with Crippen LogP contribution in [0.15, 0.2) is 4.52 Å². The summed E-state index contributed by atoms with van der Waals surface area (Å²) in [5.41, 5.74) is 2.82. The molecule has 0 atom stereocenters. The Morgan fingerprint density at radius 3 is 2.73 bits per heavy atom. The first-order valence-corrected chi connectivity index (χ1v) is 6.58. The topological polar surface area (TPSA) is 26.0 Å². The largest absolute Gasteiger partial charge is 0.360 e. The van der Waals surface area contributed by atoms with Crippen LogP contribution < -0.4 is 0 Å². The number of fused-ring (bicyclic) bond motifs is 2. The lowest BCUT2D eigenvalue weighted by atomic mass is 9.73. The van der Waals surface area contributed by atoms with E-state index in [4.69, 9.17) is 4.52 Å². The number of rotatable bonds is 1. The Morgan fingerprint density at radius 2 is 2.00 bits per heavy atom.